The number of rotatable bonds is 4. The van der Waals surface area contributed by atoms with Gasteiger partial charge in [0, 0.05) is 19.2 Å². The Bertz CT molecular complexity index is 650. The van der Waals surface area contributed by atoms with Gasteiger partial charge in [-0.1, -0.05) is 18.9 Å². The first-order valence-electron chi connectivity index (χ1n) is 7.39. The monoisotopic (exact) mass is 301 g/mol. The highest BCUT2D eigenvalue weighted by Gasteiger charge is 2.33. The van der Waals surface area contributed by atoms with Crippen molar-refractivity contribution in [1.29, 1.82) is 0 Å². The lowest BCUT2D eigenvalue weighted by molar-refractivity contribution is 0.0157. The van der Waals surface area contributed by atoms with Gasteiger partial charge in [0.05, 0.1) is 11.3 Å². The molecule has 2 aromatic rings. The fourth-order valence-electron chi connectivity index (χ4n) is 2.99. The number of hydrogen-bond donors (Lipinski definition) is 1. The van der Waals surface area contributed by atoms with Gasteiger partial charge >= 0.3 is 0 Å². The van der Waals surface area contributed by atoms with Crippen molar-refractivity contribution in [1.82, 2.24) is 25.1 Å². The van der Waals surface area contributed by atoms with E-state index in [1.807, 2.05) is 6.07 Å². The van der Waals surface area contributed by atoms with Crippen molar-refractivity contribution in [2.45, 2.75) is 31.3 Å². The van der Waals surface area contributed by atoms with Gasteiger partial charge in [0.15, 0.2) is 0 Å². The summed E-state index contributed by atoms with van der Waals surface area (Å²) in [7, 11) is 1.72. The molecule has 1 aromatic heterocycles. The van der Waals surface area contributed by atoms with E-state index in [9.17, 15) is 9.90 Å². The van der Waals surface area contributed by atoms with Crippen molar-refractivity contribution in [2.75, 3.05) is 13.6 Å². The Labute approximate surface area is 128 Å². The van der Waals surface area contributed by atoms with Crippen LogP contribution in [0.5, 0.6) is 0 Å². The standard InChI is InChI=1S/C15H19N5O2/c1-19(10-15(22)7-2-3-8-15)14(21)12-5-4-6-13(9-12)20-11-16-17-18-20/h4-6,9,11,22H,2-3,7-8,10H2,1H3. The quantitative estimate of drug-likeness (QED) is 0.912. The van der Waals surface area contributed by atoms with Crippen LogP contribution in [-0.2, 0) is 0 Å². The Hall–Kier alpha value is -2.28. The van der Waals surface area contributed by atoms with Gasteiger partial charge in [0.1, 0.15) is 6.33 Å². The molecular formula is C15H19N5O2. The molecule has 1 heterocycles. The molecule has 0 atom stereocenters. The molecule has 0 bridgehead atoms. The minimum Gasteiger partial charge on any atom is -0.388 e. The van der Waals surface area contributed by atoms with Crippen LogP contribution in [0.4, 0.5) is 0 Å². The largest absolute Gasteiger partial charge is 0.388 e. The third-order valence-corrected chi connectivity index (χ3v) is 4.12. The highest BCUT2D eigenvalue weighted by atomic mass is 16.3. The van der Waals surface area contributed by atoms with Crippen LogP contribution < -0.4 is 0 Å². The maximum Gasteiger partial charge on any atom is 0.253 e. The van der Waals surface area contributed by atoms with E-state index in [1.54, 1.807) is 30.1 Å². The number of nitrogens with zero attached hydrogens (tertiary/aromatic N) is 5. The van der Waals surface area contributed by atoms with E-state index in [1.165, 1.54) is 11.0 Å². The smallest absolute Gasteiger partial charge is 0.253 e. The van der Waals surface area contributed by atoms with Gasteiger partial charge in [0.2, 0.25) is 0 Å². The zero-order valence-electron chi connectivity index (χ0n) is 12.5. The molecule has 3 rings (SSSR count). The lowest BCUT2D eigenvalue weighted by atomic mass is 10.0. The van der Waals surface area contributed by atoms with E-state index in [2.05, 4.69) is 15.5 Å². The van der Waals surface area contributed by atoms with Crippen LogP contribution in [-0.4, -0.2) is 55.3 Å². The maximum absolute atomic E-state index is 12.6. The highest BCUT2D eigenvalue weighted by molar-refractivity contribution is 5.94. The first-order chi connectivity index (χ1) is 10.6. The average Bonchev–Trinajstić information content (AvgIpc) is 3.18. The van der Waals surface area contributed by atoms with E-state index in [-0.39, 0.29) is 5.91 Å². The van der Waals surface area contributed by atoms with Crippen molar-refractivity contribution in [3.8, 4) is 5.69 Å². The van der Waals surface area contributed by atoms with Crippen LogP contribution in [0.3, 0.4) is 0 Å². The summed E-state index contributed by atoms with van der Waals surface area (Å²) >= 11 is 0. The van der Waals surface area contributed by atoms with Crippen molar-refractivity contribution in [2.24, 2.45) is 0 Å². The number of aromatic nitrogens is 4. The van der Waals surface area contributed by atoms with Gasteiger partial charge in [-0.3, -0.25) is 4.79 Å². The second kappa shape index (κ2) is 5.84. The average molecular weight is 301 g/mol. The Morgan fingerprint density at radius 1 is 1.41 bits per heavy atom. The maximum atomic E-state index is 12.6. The van der Waals surface area contributed by atoms with Crippen LogP contribution in [0.1, 0.15) is 36.0 Å². The molecule has 1 aromatic carbocycles. The summed E-state index contributed by atoms with van der Waals surface area (Å²) < 4.78 is 1.50. The Balaban J connectivity index is 1.75. The van der Waals surface area contributed by atoms with E-state index in [0.29, 0.717) is 12.1 Å². The third-order valence-electron chi connectivity index (χ3n) is 4.12. The van der Waals surface area contributed by atoms with Crippen LogP contribution in [0.2, 0.25) is 0 Å². The zero-order valence-corrected chi connectivity index (χ0v) is 12.5. The van der Waals surface area contributed by atoms with Crippen LogP contribution in [0, 0.1) is 0 Å². The summed E-state index contributed by atoms with van der Waals surface area (Å²) in [5.41, 5.74) is 0.540. The number of carbonyl (C=O) groups is 1. The number of tetrazole rings is 1. The summed E-state index contributed by atoms with van der Waals surface area (Å²) in [6.45, 7) is 0.362. The molecule has 0 spiro atoms. The Morgan fingerprint density at radius 3 is 2.86 bits per heavy atom. The minimum absolute atomic E-state index is 0.116. The predicted octanol–water partition coefficient (Wildman–Crippen LogP) is 1.04. The number of likely N-dealkylation sites (N-methyl/N-ethyl adjacent to an activating group) is 1. The Kier molecular flexibility index (Phi) is 3.89. The fraction of sp³-hybridized carbons (Fsp3) is 0.467. The van der Waals surface area contributed by atoms with Crippen LogP contribution in [0.25, 0.3) is 5.69 Å². The third kappa shape index (κ3) is 2.99. The highest BCUT2D eigenvalue weighted by Crippen LogP contribution is 2.30. The van der Waals surface area contributed by atoms with Crippen molar-refractivity contribution in [3.63, 3.8) is 0 Å². The number of benzene rings is 1. The summed E-state index contributed by atoms with van der Waals surface area (Å²) in [5, 5.41) is 21.4. The normalized spacial score (nSPS) is 16.6. The topological polar surface area (TPSA) is 84.1 Å². The van der Waals surface area contributed by atoms with E-state index < -0.39 is 5.60 Å². The predicted molar refractivity (Wildman–Crippen MR) is 79.5 cm³/mol. The molecule has 0 aliphatic heterocycles. The van der Waals surface area contributed by atoms with Crippen LogP contribution >= 0.6 is 0 Å². The van der Waals surface area contributed by atoms with Crippen molar-refractivity contribution in [3.05, 3.63) is 36.2 Å². The molecular weight excluding hydrogens is 282 g/mol. The van der Waals surface area contributed by atoms with Gasteiger partial charge in [-0.2, -0.15) is 0 Å². The van der Waals surface area contributed by atoms with Gasteiger partial charge in [-0.25, -0.2) is 4.68 Å². The first kappa shape index (κ1) is 14.6. The summed E-state index contributed by atoms with van der Waals surface area (Å²) in [4.78, 5) is 14.1. The molecule has 1 fully saturated rings. The molecule has 1 aliphatic rings. The zero-order chi connectivity index (χ0) is 15.6. The SMILES string of the molecule is CN(CC1(O)CCCC1)C(=O)c1cccc(-n2cnnn2)c1. The molecule has 0 unspecified atom stereocenters. The molecule has 7 nitrogen and oxygen atoms in total. The van der Waals surface area contributed by atoms with E-state index in [0.717, 1.165) is 31.4 Å². The Morgan fingerprint density at radius 2 is 2.18 bits per heavy atom. The van der Waals surface area contributed by atoms with Gasteiger partial charge in [-0.05, 0) is 41.5 Å². The molecule has 116 valence electrons. The molecule has 7 heteroatoms. The second-order valence-corrected chi connectivity index (χ2v) is 5.90. The number of hydrogen-bond acceptors (Lipinski definition) is 5. The summed E-state index contributed by atoms with van der Waals surface area (Å²) in [6.07, 6.45) is 5.04. The molecule has 1 saturated carbocycles. The van der Waals surface area contributed by atoms with Gasteiger partial charge in [0.25, 0.3) is 5.91 Å². The molecule has 1 N–H and O–H groups in total. The van der Waals surface area contributed by atoms with Gasteiger partial charge < -0.3 is 10.0 Å². The molecule has 22 heavy (non-hydrogen) atoms. The number of carbonyl (C=O) groups excluding carboxylic acids is 1. The molecule has 1 amide bonds. The van der Waals surface area contributed by atoms with Gasteiger partial charge in [-0.15, -0.1) is 5.10 Å². The van der Waals surface area contributed by atoms with Crippen LogP contribution in [0.15, 0.2) is 30.6 Å². The molecule has 0 radical (unpaired) electrons. The van der Waals surface area contributed by atoms with Crippen molar-refractivity contribution >= 4 is 5.91 Å². The second-order valence-electron chi connectivity index (χ2n) is 5.90. The number of aliphatic hydroxyl groups is 1. The van der Waals surface area contributed by atoms with Crippen molar-refractivity contribution < 1.29 is 9.90 Å². The lowest BCUT2D eigenvalue weighted by Gasteiger charge is -2.28. The molecule has 0 saturated heterocycles. The fourth-order valence-corrected chi connectivity index (χ4v) is 2.99. The van der Waals surface area contributed by atoms with E-state index in [4.69, 9.17) is 0 Å². The summed E-state index contributed by atoms with van der Waals surface area (Å²) in [6, 6.07) is 7.12. The molecule has 1 aliphatic carbocycles. The first-order valence-corrected chi connectivity index (χ1v) is 7.39. The minimum atomic E-state index is -0.738. The van der Waals surface area contributed by atoms with E-state index >= 15 is 0 Å². The lowest BCUT2D eigenvalue weighted by Crippen LogP contribution is -2.42. The summed E-state index contributed by atoms with van der Waals surface area (Å²) in [5.74, 6) is -0.116. The number of amides is 1.